The zero-order chi connectivity index (χ0) is 12.1. The van der Waals surface area contributed by atoms with Gasteiger partial charge in [-0.05, 0) is 17.6 Å². The first-order valence-electron chi connectivity index (χ1n) is 5.88. The molecule has 0 heterocycles. The van der Waals surface area contributed by atoms with Crippen molar-refractivity contribution in [3.63, 3.8) is 0 Å². The van der Waals surface area contributed by atoms with Gasteiger partial charge < -0.3 is 0 Å². The molecule has 1 nitrogen and oxygen atoms in total. The van der Waals surface area contributed by atoms with Crippen LogP contribution < -0.4 is 0 Å². The number of carbonyl (C=O) groups excluding carboxylic acids is 1. The molecule has 15 heavy (non-hydrogen) atoms. The minimum absolute atomic E-state index is 0.107. The fraction of sp³-hybridized carbons (Fsp3) is 0.923. The van der Waals surface area contributed by atoms with Crippen molar-refractivity contribution in [2.45, 2.75) is 59.1 Å². The third kappa shape index (κ3) is 8.98. The first kappa shape index (κ1) is 15.0. The van der Waals surface area contributed by atoms with Crippen molar-refractivity contribution in [2.75, 3.05) is 5.75 Å². The monoisotopic (exact) mass is 230 g/mol. The number of rotatable bonds is 7. The summed E-state index contributed by atoms with van der Waals surface area (Å²) in [6.07, 6.45) is 1.44. The number of hydrogen-bond donors (Lipinski definition) is 0. The second-order valence-corrected chi connectivity index (χ2v) is 7.51. The average molecular weight is 230 g/mol. The van der Waals surface area contributed by atoms with Crippen molar-refractivity contribution < 1.29 is 4.79 Å². The topological polar surface area (TPSA) is 17.1 Å². The van der Waals surface area contributed by atoms with Crippen LogP contribution in [-0.2, 0) is 4.79 Å². The summed E-state index contributed by atoms with van der Waals surface area (Å²) in [6, 6.07) is 0. The zero-order valence-corrected chi connectivity index (χ0v) is 11.9. The van der Waals surface area contributed by atoms with E-state index in [0.717, 1.165) is 12.2 Å². The van der Waals surface area contributed by atoms with Gasteiger partial charge in [0, 0.05) is 17.6 Å². The normalized spacial score (nSPS) is 12.5. The van der Waals surface area contributed by atoms with E-state index in [0.29, 0.717) is 24.0 Å². The zero-order valence-electron chi connectivity index (χ0n) is 11.1. The van der Waals surface area contributed by atoms with E-state index in [1.807, 2.05) is 11.8 Å². The van der Waals surface area contributed by atoms with E-state index in [9.17, 15) is 4.79 Å². The number of Topliss-reactive ketones (excluding diaryl/α,β-unsaturated/α-hetero) is 1. The highest BCUT2D eigenvalue weighted by atomic mass is 32.2. The molecule has 0 aromatic rings. The highest BCUT2D eigenvalue weighted by Gasteiger charge is 2.22. The molecule has 0 amide bonds. The molecule has 0 aliphatic heterocycles. The van der Waals surface area contributed by atoms with E-state index >= 15 is 0 Å². The molecule has 90 valence electrons. The molecule has 0 atom stereocenters. The largest absolute Gasteiger partial charge is 0.300 e. The molecular formula is C13H26OS. The summed E-state index contributed by atoms with van der Waals surface area (Å²) in [4.78, 5) is 11.7. The number of hydrogen-bond acceptors (Lipinski definition) is 2. The molecule has 2 heteroatoms. The van der Waals surface area contributed by atoms with Crippen molar-refractivity contribution >= 4 is 17.5 Å². The highest BCUT2D eigenvalue weighted by Crippen LogP contribution is 2.30. The second-order valence-electron chi connectivity index (χ2n) is 5.78. The van der Waals surface area contributed by atoms with Crippen LogP contribution in [0, 0.1) is 11.8 Å². The van der Waals surface area contributed by atoms with Gasteiger partial charge in [-0.1, -0.05) is 41.5 Å². The maximum absolute atomic E-state index is 11.7. The van der Waals surface area contributed by atoms with E-state index in [1.54, 1.807) is 0 Å². The summed E-state index contributed by atoms with van der Waals surface area (Å²) in [5.41, 5.74) is 0. The van der Waals surface area contributed by atoms with Crippen LogP contribution >= 0.6 is 11.8 Å². The summed E-state index contributed by atoms with van der Waals surface area (Å²) < 4.78 is 0.107. The Balaban J connectivity index is 3.96. The molecule has 0 unspecified atom stereocenters. The molecule has 0 rings (SSSR count). The average Bonchev–Trinajstić information content (AvgIpc) is 1.98. The van der Waals surface area contributed by atoms with Crippen LogP contribution in [-0.4, -0.2) is 16.3 Å². The molecule has 0 saturated carbocycles. The number of carbonyl (C=O) groups is 1. The fourth-order valence-electron chi connectivity index (χ4n) is 1.45. The summed E-state index contributed by atoms with van der Waals surface area (Å²) in [7, 11) is 0. The van der Waals surface area contributed by atoms with Crippen molar-refractivity contribution in [1.82, 2.24) is 0 Å². The van der Waals surface area contributed by atoms with Gasteiger partial charge in [0.15, 0.2) is 0 Å². The Morgan fingerprint density at radius 1 is 1.13 bits per heavy atom. The van der Waals surface area contributed by atoms with Crippen LogP contribution in [0.3, 0.4) is 0 Å². The first-order chi connectivity index (χ1) is 6.73. The van der Waals surface area contributed by atoms with E-state index in [2.05, 4.69) is 41.5 Å². The summed E-state index contributed by atoms with van der Waals surface area (Å²) in [6.45, 7) is 13.0. The minimum atomic E-state index is 0.107. The van der Waals surface area contributed by atoms with Crippen molar-refractivity contribution in [1.29, 1.82) is 0 Å². The van der Waals surface area contributed by atoms with E-state index in [4.69, 9.17) is 0 Å². The van der Waals surface area contributed by atoms with Gasteiger partial charge in [0.1, 0.15) is 5.78 Å². The minimum Gasteiger partial charge on any atom is -0.300 e. The smallest absolute Gasteiger partial charge is 0.134 e. The van der Waals surface area contributed by atoms with Crippen LogP contribution in [0.15, 0.2) is 0 Å². The van der Waals surface area contributed by atoms with E-state index in [1.165, 1.54) is 0 Å². The molecule has 0 aliphatic rings. The van der Waals surface area contributed by atoms with Crippen LogP contribution in [0.25, 0.3) is 0 Å². The molecule has 0 aromatic carbocycles. The Hall–Kier alpha value is 0.0200. The highest BCUT2D eigenvalue weighted by molar-refractivity contribution is 8.00. The molecule has 0 fully saturated rings. The van der Waals surface area contributed by atoms with Gasteiger partial charge in [-0.2, -0.15) is 11.8 Å². The quantitative estimate of drug-likeness (QED) is 0.653. The van der Waals surface area contributed by atoms with Gasteiger partial charge in [0.2, 0.25) is 0 Å². The van der Waals surface area contributed by atoms with Crippen LogP contribution in [0.5, 0.6) is 0 Å². The predicted octanol–water partition coefficient (Wildman–Crippen LogP) is 4.16. The SMILES string of the molecule is CC(C)CSC(C)(C)CC(=O)CC(C)C. The Bertz CT molecular complexity index is 195. The maximum atomic E-state index is 11.7. The van der Waals surface area contributed by atoms with Crippen LogP contribution in [0.1, 0.15) is 54.4 Å². The van der Waals surface area contributed by atoms with Crippen LogP contribution in [0.4, 0.5) is 0 Å². The summed E-state index contributed by atoms with van der Waals surface area (Å²) >= 11 is 1.92. The van der Waals surface area contributed by atoms with Crippen LogP contribution in [0.2, 0.25) is 0 Å². The number of thioether (sulfide) groups is 1. The Morgan fingerprint density at radius 3 is 2.07 bits per heavy atom. The maximum Gasteiger partial charge on any atom is 0.134 e. The lowest BCUT2D eigenvalue weighted by atomic mass is 9.99. The molecule has 0 aliphatic carbocycles. The van der Waals surface area contributed by atoms with Gasteiger partial charge in [-0.15, -0.1) is 0 Å². The predicted molar refractivity (Wildman–Crippen MR) is 70.5 cm³/mol. The van der Waals surface area contributed by atoms with E-state index in [-0.39, 0.29) is 4.75 Å². The third-order valence-electron chi connectivity index (χ3n) is 2.07. The van der Waals surface area contributed by atoms with Gasteiger partial charge in [-0.25, -0.2) is 0 Å². The lowest BCUT2D eigenvalue weighted by molar-refractivity contribution is -0.120. The van der Waals surface area contributed by atoms with E-state index < -0.39 is 0 Å². The molecule has 0 spiro atoms. The standard InChI is InChI=1S/C13H26OS/c1-10(2)7-12(14)8-13(5,6)15-9-11(3)4/h10-11H,7-9H2,1-6H3. The Morgan fingerprint density at radius 2 is 1.67 bits per heavy atom. The third-order valence-corrected chi connectivity index (χ3v) is 3.83. The molecule has 0 saturated heterocycles. The molecule has 0 N–H and O–H groups in total. The molecule has 0 radical (unpaired) electrons. The summed E-state index contributed by atoms with van der Waals surface area (Å²) in [5.74, 6) is 2.74. The van der Waals surface area contributed by atoms with Gasteiger partial charge in [0.05, 0.1) is 0 Å². The van der Waals surface area contributed by atoms with Gasteiger partial charge >= 0.3 is 0 Å². The van der Waals surface area contributed by atoms with Gasteiger partial charge in [-0.3, -0.25) is 4.79 Å². The Labute approximate surface area is 99.4 Å². The first-order valence-corrected chi connectivity index (χ1v) is 6.87. The van der Waals surface area contributed by atoms with Crippen molar-refractivity contribution in [3.05, 3.63) is 0 Å². The van der Waals surface area contributed by atoms with Crippen molar-refractivity contribution in [3.8, 4) is 0 Å². The molecular weight excluding hydrogens is 204 g/mol. The molecule has 0 bridgehead atoms. The Kier molecular flexibility index (Phi) is 6.58. The fourth-order valence-corrected chi connectivity index (χ4v) is 2.49. The lowest BCUT2D eigenvalue weighted by Gasteiger charge is -2.24. The number of ketones is 1. The summed E-state index contributed by atoms with van der Waals surface area (Å²) in [5, 5.41) is 0. The molecule has 0 aromatic heterocycles. The lowest BCUT2D eigenvalue weighted by Crippen LogP contribution is -2.22. The second kappa shape index (κ2) is 6.57. The van der Waals surface area contributed by atoms with Crippen molar-refractivity contribution in [2.24, 2.45) is 11.8 Å². The van der Waals surface area contributed by atoms with Gasteiger partial charge in [0.25, 0.3) is 0 Å².